The fourth-order valence-corrected chi connectivity index (χ4v) is 5.35. The topological polar surface area (TPSA) is 78.8 Å². The Balaban J connectivity index is 1.76. The van der Waals surface area contributed by atoms with Crippen LogP contribution in [0.5, 0.6) is 0 Å². The van der Waals surface area contributed by atoms with E-state index >= 15 is 0 Å². The summed E-state index contributed by atoms with van der Waals surface area (Å²) >= 11 is 0. The number of carbonyl (C=O) groups is 1. The standard InChI is InChI=1S/C19H27N3O3S/c1-14-7-5-8-15(2)18(14)20-21-19(23)16-9-6-10-17(13-16)26(24,25)22-11-3-4-12-22/h6,9-10,13-15H,3-5,7-8,11-12H2,1-2H3,(H,21,23)/t14-,15+. The van der Waals surface area contributed by atoms with Gasteiger partial charge in [-0.1, -0.05) is 26.3 Å². The Morgan fingerprint density at radius 3 is 2.42 bits per heavy atom. The summed E-state index contributed by atoms with van der Waals surface area (Å²) in [6, 6.07) is 6.21. The van der Waals surface area contributed by atoms with Crippen LogP contribution < -0.4 is 5.43 Å². The highest BCUT2D eigenvalue weighted by Crippen LogP contribution is 2.26. The van der Waals surface area contributed by atoms with Gasteiger partial charge in [-0.05, 0) is 55.7 Å². The fourth-order valence-electron chi connectivity index (χ4n) is 3.79. The van der Waals surface area contributed by atoms with Crippen molar-refractivity contribution in [1.29, 1.82) is 0 Å². The average Bonchev–Trinajstić information content (AvgIpc) is 3.17. The number of nitrogens with zero attached hydrogens (tertiary/aromatic N) is 2. The average molecular weight is 378 g/mol. The van der Waals surface area contributed by atoms with Crippen LogP contribution in [0.2, 0.25) is 0 Å². The van der Waals surface area contributed by atoms with E-state index in [-0.39, 0.29) is 10.8 Å². The molecular formula is C19H27N3O3S. The Hall–Kier alpha value is -1.73. The number of carbonyl (C=O) groups excluding carboxylic acids is 1. The van der Waals surface area contributed by atoms with Crippen LogP contribution in [0.25, 0.3) is 0 Å². The normalized spacial score (nSPS) is 26.2. The molecule has 3 rings (SSSR count). The van der Waals surface area contributed by atoms with E-state index in [9.17, 15) is 13.2 Å². The highest BCUT2D eigenvalue weighted by atomic mass is 32.2. The minimum atomic E-state index is -3.53. The third-order valence-electron chi connectivity index (χ3n) is 5.37. The number of hydrogen-bond donors (Lipinski definition) is 1. The van der Waals surface area contributed by atoms with Crippen molar-refractivity contribution in [1.82, 2.24) is 9.73 Å². The number of nitrogens with one attached hydrogen (secondary N) is 1. The summed E-state index contributed by atoms with van der Waals surface area (Å²) in [5.41, 5.74) is 3.95. The molecule has 0 bridgehead atoms. The number of amides is 1. The van der Waals surface area contributed by atoms with Crippen molar-refractivity contribution >= 4 is 21.6 Å². The van der Waals surface area contributed by atoms with Crippen LogP contribution in [-0.2, 0) is 10.0 Å². The van der Waals surface area contributed by atoms with Crippen molar-refractivity contribution in [3.8, 4) is 0 Å². The van der Waals surface area contributed by atoms with Crippen molar-refractivity contribution in [2.75, 3.05) is 13.1 Å². The lowest BCUT2D eigenvalue weighted by atomic mass is 9.81. The van der Waals surface area contributed by atoms with Crippen LogP contribution in [0, 0.1) is 11.8 Å². The molecule has 0 spiro atoms. The quantitative estimate of drug-likeness (QED) is 0.819. The van der Waals surface area contributed by atoms with E-state index < -0.39 is 10.0 Å². The zero-order valence-corrected chi connectivity index (χ0v) is 16.3. The molecule has 1 aliphatic carbocycles. The molecule has 0 unspecified atom stereocenters. The summed E-state index contributed by atoms with van der Waals surface area (Å²) in [4.78, 5) is 12.6. The molecule has 1 aliphatic heterocycles. The van der Waals surface area contributed by atoms with Crippen molar-refractivity contribution in [3.05, 3.63) is 29.8 Å². The zero-order valence-electron chi connectivity index (χ0n) is 15.4. The largest absolute Gasteiger partial charge is 0.271 e. The molecule has 2 fully saturated rings. The molecule has 1 aromatic rings. The fraction of sp³-hybridized carbons (Fsp3) is 0.579. The predicted molar refractivity (Wildman–Crippen MR) is 102 cm³/mol. The van der Waals surface area contributed by atoms with Crippen LogP contribution in [0.3, 0.4) is 0 Å². The summed E-state index contributed by atoms with van der Waals surface area (Å²) in [5.74, 6) is 0.350. The van der Waals surface area contributed by atoms with Crippen LogP contribution in [0.4, 0.5) is 0 Å². The summed E-state index contributed by atoms with van der Waals surface area (Å²) in [5, 5.41) is 4.35. The molecule has 2 atom stereocenters. The number of hydrazone groups is 1. The summed E-state index contributed by atoms with van der Waals surface area (Å²) in [6.45, 7) is 5.35. The molecule has 1 saturated carbocycles. The Morgan fingerprint density at radius 2 is 1.77 bits per heavy atom. The molecule has 6 nitrogen and oxygen atoms in total. The lowest BCUT2D eigenvalue weighted by Gasteiger charge is -2.26. The van der Waals surface area contributed by atoms with Gasteiger partial charge in [-0.2, -0.15) is 9.41 Å². The number of hydrogen-bond acceptors (Lipinski definition) is 4. The molecule has 0 aromatic heterocycles. The van der Waals surface area contributed by atoms with Crippen molar-refractivity contribution in [2.45, 2.75) is 50.8 Å². The first-order chi connectivity index (χ1) is 12.4. The lowest BCUT2D eigenvalue weighted by molar-refractivity contribution is 0.0954. The first-order valence-corrected chi connectivity index (χ1v) is 10.8. The van der Waals surface area contributed by atoms with Gasteiger partial charge in [-0.15, -0.1) is 0 Å². The number of benzene rings is 1. The molecule has 1 saturated heterocycles. The molecule has 1 aromatic carbocycles. The third-order valence-corrected chi connectivity index (χ3v) is 7.26. The van der Waals surface area contributed by atoms with E-state index in [1.807, 2.05) is 0 Å². The van der Waals surface area contributed by atoms with Crippen molar-refractivity contribution in [3.63, 3.8) is 0 Å². The SMILES string of the molecule is C[C@@H]1CCC[C@H](C)C1=NNC(=O)c1cccc(S(=O)(=O)N2CCCC2)c1. The first kappa shape index (κ1) is 19.0. The Morgan fingerprint density at radius 1 is 1.12 bits per heavy atom. The number of sulfonamides is 1. The van der Waals surface area contributed by atoms with Crippen molar-refractivity contribution < 1.29 is 13.2 Å². The smallest absolute Gasteiger partial charge is 0.267 e. The molecule has 1 heterocycles. The molecule has 7 heteroatoms. The molecule has 26 heavy (non-hydrogen) atoms. The van der Waals surface area contributed by atoms with Gasteiger partial charge < -0.3 is 0 Å². The maximum Gasteiger partial charge on any atom is 0.271 e. The Bertz CT molecular complexity index is 786. The van der Waals surface area contributed by atoms with Gasteiger partial charge in [0.2, 0.25) is 10.0 Å². The van der Waals surface area contributed by atoms with E-state index in [0.29, 0.717) is 30.5 Å². The predicted octanol–water partition coefficient (Wildman–Crippen LogP) is 3.01. The van der Waals surface area contributed by atoms with E-state index in [0.717, 1.165) is 31.4 Å². The van der Waals surface area contributed by atoms with Crippen LogP contribution in [0.1, 0.15) is 56.3 Å². The second-order valence-electron chi connectivity index (χ2n) is 7.35. The van der Waals surface area contributed by atoms with Gasteiger partial charge in [-0.25, -0.2) is 13.8 Å². The molecule has 2 aliphatic rings. The minimum Gasteiger partial charge on any atom is -0.267 e. The maximum absolute atomic E-state index is 12.7. The van der Waals surface area contributed by atoms with E-state index in [1.54, 1.807) is 18.2 Å². The zero-order chi connectivity index (χ0) is 18.7. The van der Waals surface area contributed by atoms with E-state index in [1.165, 1.54) is 16.8 Å². The monoisotopic (exact) mass is 377 g/mol. The van der Waals surface area contributed by atoms with Gasteiger partial charge in [0.1, 0.15) is 0 Å². The van der Waals surface area contributed by atoms with Gasteiger partial charge in [0.05, 0.1) is 4.90 Å². The van der Waals surface area contributed by atoms with Crippen LogP contribution in [0.15, 0.2) is 34.3 Å². The highest BCUT2D eigenvalue weighted by Gasteiger charge is 2.28. The second kappa shape index (κ2) is 7.88. The molecule has 142 valence electrons. The highest BCUT2D eigenvalue weighted by molar-refractivity contribution is 7.89. The van der Waals surface area contributed by atoms with E-state index in [2.05, 4.69) is 24.4 Å². The summed E-state index contributed by atoms with van der Waals surface area (Å²) < 4.78 is 26.8. The molecule has 1 N–H and O–H groups in total. The van der Waals surface area contributed by atoms with E-state index in [4.69, 9.17) is 0 Å². The molecule has 0 radical (unpaired) electrons. The molecule has 1 amide bonds. The Kier molecular flexibility index (Phi) is 5.77. The minimum absolute atomic E-state index is 0.166. The summed E-state index contributed by atoms with van der Waals surface area (Å²) in [6.07, 6.45) is 5.12. The van der Waals surface area contributed by atoms with Gasteiger partial charge in [-0.3, -0.25) is 4.79 Å². The number of rotatable bonds is 4. The lowest BCUT2D eigenvalue weighted by Crippen LogP contribution is -2.30. The molecular weight excluding hydrogens is 350 g/mol. The Labute approximate surface area is 155 Å². The van der Waals surface area contributed by atoms with Gasteiger partial charge in [0.25, 0.3) is 5.91 Å². The van der Waals surface area contributed by atoms with Gasteiger partial charge in [0.15, 0.2) is 0 Å². The first-order valence-electron chi connectivity index (χ1n) is 9.37. The maximum atomic E-state index is 12.7. The van der Waals surface area contributed by atoms with Crippen LogP contribution >= 0.6 is 0 Å². The summed E-state index contributed by atoms with van der Waals surface area (Å²) in [7, 11) is -3.53. The van der Waals surface area contributed by atoms with Crippen molar-refractivity contribution in [2.24, 2.45) is 16.9 Å². The van der Waals surface area contributed by atoms with Gasteiger partial charge >= 0.3 is 0 Å². The third kappa shape index (κ3) is 3.99. The van der Waals surface area contributed by atoms with Gasteiger partial charge in [0, 0.05) is 24.4 Å². The van der Waals surface area contributed by atoms with Crippen LogP contribution in [-0.4, -0.2) is 37.4 Å². The second-order valence-corrected chi connectivity index (χ2v) is 9.29.